The third-order valence-electron chi connectivity index (χ3n) is 2.61. The lowest BCUT2D eigenvalue weighted by Crippen LogP contribution is -2.10. The van der Waals surface area contributed by atoms with Crippen LogP contribution in [-0.4, -0.2) is 19.9 Å². The van der Waals surface area contributed by atoms with Crippen LogP contribution in [0.3, 0.4) is 0 Å². The van der Waals surface area contributed by atoms with E-state index in [1.807, 2.05) is 36.9 Å². The first kappa shape index (κ1) is 12.3. The third-order valence-corrected chi connectivity index (χ3v) is 3.60. The van der Waals surface area contributed by atoms with Gasteiger partial charge in [0.2, 0.25) is 0 Å². The molecule has 1 atom stereocenters. The van der Waals surface area contributed by atoms with Gasteiger partial charge in [0, 0.05) is 24.0 Å². The lowest BCUT2D eigenvalue weighted by Gasteiger charge is -2.10. The molecule has 92 valence electrons. The largest absolute Gasteiger partial charge is 0.386 e. The first-order chi connectivity index (χ1) is 8.10. The summed E-state index contributed by atoms with van der Waals surface area (Å²) in [6, 6.07) is 1.94. The van der Waals surface area contributed by atoms with Gasteiger partial charge in [-0.15, -0.1) is 11.3 Å². The molecule has 0 aliphatic rings. The van der Waals surface area contributed by atoms with Gasteiger partial charge in [0.05, 0.1) is 16.4 Å². The quantitative estimate of drug-likeness (QED) is 0.906. The first-order valence-corrected chi connectivity index (χ1v) is 6.61. The molecule has 0 spiro atoms. The summed E-state index contributed by atoms with van der Waals surface area (Å²) in [4.78, 5) is 4.37. The fourth-order valence-electron chi connectivity index (χ4n) is 1.85. The summed E-state index contributed by atoms with van der Waals surface area (Å²) < 4.78 is 1.85. The Balaban J connectivity index is 2.16. The van der Waals surface area contributed by atoms with E-state index >= 15 is 0 Å². The summed E-state index contributed by atoms with van der Waals surface area (Å²) in [5.41, 5.74) is 2.83. The van der Waals surface area contributed by atoms with Crippen molar-refractivity contribution in [3.63, 3.8) is 0 Å². The molecule has 0 bridgehead atoms. The zero-order valence-corrected chi connectivity index (χ0v) is 11.2. The van der Waals surface area contributed by atoms with Crippen LogP contribution < -0.4 is 0 Å². The predicted molar refractivity (Wildman–Crippen MR) is 68.2 cm³/mol. The summed E-state index contributed by atoms with van der Waals surface area (Å²) in [6.07, 6.45) is 0.0330. The normalized spacial score (nSPS) is 12.9. The third kappa shape index (κ3) is 2.73. The second-order valence-electron chi connectivity index (χ2n) is 4.13. The van der Waals surface area contributed by atoms with Crippen molar-refractivity contribution in [1.82, 2.24) is 14.8 Å². The van der Waals surface area contributed by atoms with Crippen LogP contribution in [-0.2, 0) is 13.0 Å². The fourth-order valence-corrected chi connectivity index (χ4v) is 2.66. The van der Waals surface area contributed by atoms with Crippen molar-refractivity contribution in [1.29, 1.82) is 0 Å². The average Bonchev–Trinajstić information content (AvgIpc) is 2.84. The zero-order valence-electron chi connectivity index (χ0n) is 10.3. The Morgan fingerprint density at radius 3 is 2.76 bits per heavy atom. The van der Waals surface area contributed by atoms with Crippen LogP contribution in [0.1, 0.15) is 35.1 Å². The number of aromatic nitrogens is 3. The number of rotatable bonds is 4. The van der Waals surface area contributed by atoms with Crippen molar-refractivity contribution < 1.29 is 5.11 Å². The maximum absolute atomic E-state index is 10.2. The van der Waals surface area contributed by atoms with Gasteiger partial charge in [-0.1, -0.05) is 0 Å². The second-order valence-corrected chi connectivity index (χ2v) is 5.07. The minimum atomic E-state index is -0.526. The van der Waals surface area contributed by atoms with Gasteiger partial charge in [0.1, 0.15) is 6.10 Å². The molecule has 1 N–H and O–H groups in total. The molecule has 2 rings (SSSR count). The van der Waals surface area contributed by atoms with Gasteiger partial charge in [-0.25, -0.2) is 4.98 Å². The van der Waals surface area contributed by atoms with Crippen LogP contribution in [0.15, 0.2) is 11.4 Å². The Morgan fingerprint density at radius 1 is 1.41 bits per heavy atom. The SMILES string of the molecule is CCn1nc(C)cc1C(O)Cc1nc(C)cs1. The number of thiazole rings is 1. The van der Waals surface area contributed by atoms with Gasteiger partial charge < -0.3 is 5.11 Å². The minimum absolute atomic E-state index is 0.526. The molecule has 5 heteroatoms. The number of hydrogen-bond donors (Lipinski definition) is 1. The van der Waals surface area contributed by atoms with Gasteiger partial charge in [-0.05, 0) is 26.8 Å². The molecule has 17 heavy (non-hydrogen) atoms. The maximum Gasteiger partial charge on any atom is 0.102 e. The summed E-state index contributed by atoms with van der Waals surface area (Å²) in [5, 5.41) is 17.5. The van der Waals surface area contributed by atoms with Gasteiger partial charge >= 0.3 is 0 Å². The molecule has 1 unspecified atom stereocenters. The highest BCUT2D eigenvalue weighted by Gasteiger charge is 2.16. The van der Waals surface area contributed by atoms with E-state index in [0.717, 1.165) is 28.6 Å². The summed E-state index contributed by atoms with van der Waals surface area (Å²) in [6.45, 7) is 6.70. The Labute approximate surface area is 105 Å². The fraction of sp³-hybridized carbons (Fsp3) is 0.500. The number of aliphatic hydroxyl groups is 1. The van der Waals surface area contributed by atoms with E-state index in [1.54, 1.807) is 11.3 Å². The first-order valence-electron chi connectivity index (χ1n) is 5.73. The van der Waals surface area contributed by atoms with Crippen LogP contribution in [0.4, 0.5) is 0 Å². The molecule has 2 heterocycles. The second kappa shape index (κ2) is 4.98. The molecule has 0 radical (unpaired) electrons. The van der Waals surface area contributed by atoms with E-state index in [-0.39, 0.29) is 0 Å². The molecule has 2 aromatic rings. The molecule has 0 aliphatic carbocycles. The van der Waals surface area contributed by atoms with Crippen LogP contribution in [0.5, 0.6) is 0 Å². The predicted octanol–water partition coefficient (Wildman–Crippen LogP) is 2.25. The Kier molecular flexibility index (Phi) is 3.59. The monoisotopic (exact) mass is 251 g/mol. The van der Waals surface area contributed by atoms with Crippen LogP contribution in [0, 0.1) is 13.8 Å². The van der Waals surface area contributed by atoms with E-state index < -0.39 is 6.10 Å². The number of aryl methyl sites for hydroxylation is 3. The summed E-state index contributed by atoms with van der Waals surface area (Å²) >= 11 is 1.59. The van der Waals surface area contributed by atoms with Crippen molar-refractivity contribution >= 4 is 11.3 Å². The maximum atomic E-state index is 10.2. The van der Waals surface area contributed by atoms with Gasteiger partial charge in [0.15, 0.2) is 0 Å². The molecule has 2 aromatic heterocycles. The molecule has 0 saturated heterocycles. The lowest BCUT2D eigenvalue weighted by atomic mass is 10.2. The highest BCUT2D eigenvalue weighted by Crippen LogP contribution is 2.21. The smallest absolute Gasteiger partial charge is 0.102 e. The standard InChI is InChI=1S/C12H17N3OS/c1-4-15-10(5-8(2)14-15)11(16)6-12-13-9(3)7-17-12/h5,7,11,16H,4,6H2,1-3H3. The molecule has 0 aromatic carbocycles. The summed E-state index contributed by atoms with van der Waals surface area (Å²) in [7, 11) is 0. The zero-order chi connectivity index (χ0) is 12.4. The molecule has 0 aliphatic heterocycles. The van der Waals surface area contributed by atoms with Crippen LogP contribution in [0.2, 0.25) is 0 Å². The molecular formula is C12H17N3OS. The van der Waals surface area contributed by atoms with E-state index in [4.69, 9.17) is 0 Å². The average molecular weight is 251 g/mol. The van der Waals surface area contributed by atoms with Crippen LogP contribution >= 0.6 is 11.3 Å². The minimum Gasteiger partial charge on any atom is -0.386 e. The van der Waals surface area contributed by atoms with Crippen molar-refractivity contribution in [3.05, 3.63) is 33.5 Å². The molecule has 0 saturated carbocycles. The molecule has 4 nitrogen and oxygen atoms in total. The van der Waals surface area contributed by atoms with Gasteiger partial charge in [0.25, 0.3) is 0 Å². The van der Waals surface area contributed by atoms with E-state index in [0.29, 0.717) is 6.42 Å². The van der Waals surface area contributed by atoms with E-state index in [2.05, 4.69) is 10.1 Å². The Morgan fingerprint density at radius 2 is 2.18 bits per heavy atom. The number of nitrogens with zero attached hydrogens (tertiary/aromatic N) is 3. The molecule has 0 fully saturated rings. The van der Waals surface area contributed by atoms with Gasteiger partial charge in [-0.2, -0.15) is 5.10 Å². The van der Waals surface area contributed by atoms with Gasteiger partial charge in [-0.3, -0.25) is 4.68 Å². The Bertz CT molecular complexity index is 504. The highest BCUT2D eigenvalue weighted by atomic mass is 32.1. The van der Waals surface area contributed by atoms with Crippen molar-refractivity contribution in [2.24, 2.45) is 0 Å². The van der Waals surface area contributed by atoms with Crippen molar-refractivity contribution in [3.8, 4) is 0 Å². The molecular weight excluding hydrogens is 234 g/mol. The van der Waals surface area contributed by atoms with E-state index in [1.165, 1.54) is 0 Å². The number of hydrogen-bond acceptors (Lipinski definition) is 4. The molecule has 0 amide bonds. The Hall–Kier alpha value is -1.20. The summed E-state index contributed by atoms with van der Waals surface area (Å²) in [5.74, 6) is 0. The van der Waals surface area contributed by atoms with E-state index in [9.17, 15) is 5.11 Å². The highest BCUT2D eigenvalue weighted by molar-refractivity contribution is 7.09. The van der Waals surface area contributed by atoms with Crippen molar-refractivity contribution in [2.75, 3.05) is 0 Å². The van der Waals surface area contributed by atoms with Crippen LogP contribution in [0.25, 0.3) is 0 Å². The topological polar surface area (TPSA) is 50.9 Å². The lowest BCUT2D eigenvalue weighted by molar-refractivity contribution is 0.167. The van der Waals surface area contributed by atoms with Crippen molar-refractivity contribution in [2.45, 2.75) is 39.8 Å². The number of aliphatic hydroxyl groups excluding tert-OH is 1.